The van der Waals surface area contributed by atoms with Gasteiger partial charge < -0.3 is 4.42 Å². The van der Waals surface area contributed by atoms with E-state index in [1.54, 1.807) is 31.2 Å². The Balaban J connectivity index is 2.32. The third kappa shape index (κ3) is 2.35. The van der Waals surface area contributed by atoms with Crippen LogP contribution in [0.3, 0.4) is 0 Å². The number of benzene rings is 2. The molecule has 3 rings (SSSR count). The number of aromatic nitrogens is 1. The zero-order valence-corrected chi connectivity index (χ0v) is 12.0. The molecule has 2 aromatic carbocycles. The van der Waals surface area contributed by atoms with E-state index >= 15 is 0 Å². The summed E-state index contributed by atoms with van der Waals surface area (Å²) in [4.78, 5) is 27.0. The molecular formula is C16H12N2O4. The molecule has 0 spiro atoms. The summed E-state index contributed by atoms with van der Waals surface area (Å²) < 4.78 is 5.21. The van der Waals surface area contributed by atoms with E-state index in [4.69, 9.17) is 4.42 Å². The molecule has 110 valence electrons. The van der Waals surface area contributed by atoms with E-state index in [0.717, 1.165) is 11.1 Å². The Bertz CT molecular complexity index is 960. The molecule has 0 aliphatic carbocycles. The van der Waals surface area contributed by atoms with Crippen LogP contribution in [-0.2, 0) is 0 Å². The number of nitro groups is 1. The highest BCUT2D eigenvalue weighted by Gasteiger charge is 2.19. The predicted octanol–water partition coefficient (Wildman–Crippen LogP) is 3.38. The lowest BCUT2D eigenvalue weighted by atomic mass is 10.1. The molecule has 0 unspecified atom stereocenters. The number of hydrogen-bond donors (Lipinski definition) is 0. The minimum absolute atomic E-state index is 0.0447. The summed E-state index contributed by atoms with van der Waals surface area (Å²) in [6, 6.07) is 9.80. The molecule has 1 heterocycles. The molecule has 0 saturated heterocycles. The lowest BCUT2D eigenvalue weighted by molar-refractivity contribution is -0.384. The highest BCUT2D eigenvalue weighted by Crippen LogP contribution is 2.29. The van der Waals surface area contributed by atoms with Crippen LogP contribution in [-0.4, -0.2) is 9.91 Å². The van der Waals surface area contributed by atoms with E-state index in [9.17, 15) is 14.9 Å². The van der Waals surface area contributed by atoms with Gasteiger partial charge in [-0.05, 0) is 37.6 Å². The SMILES string of the molecule is Cc1ccc([N+](=O)[O-])c(-c2nc3ccc(C)cc3c(=O)o2)c1. The van der Waals surface area contributed by atoms with Crippen molar-refractivity contribution in [2.75, 3.05) is 0 Å². The lowest BCUT2D eigenvalue weighted by Gasteiger charge is -2.04. The van der Waals surface area contributed by atoms with Crippen LogP contribution < -0.4 is 5.63 Å². The van der Waals surface area contributed by atoms with Crippen molar-refractivity contribution in [1.82, 2.24) is 4.98 Å². The molecule has 0 saturated carbocycles. The molecule has 3 aromatic rings. The van der Waals surface area contributed by atoms with Crippen LogP contribution in [0, 0.1) is 24.0 Å². The summed E-state index contributed by atoms with van der Waals surface area (Å²) in [5.74, 6) is -0.0447. The molecule has 0 bridgehead atoms. The first-order valence-corrected chi connectivity index (χ1v) is 6.62. The summed E-state index contributed by atoms with van der Waals surface area (Å²) in [5, 5.41) is 11.5. The molecule has 0 aliphatic rings. The minimum Gasteiger partial charge on any atom is -0.403 e. The molecule has 22 heavy (non-hydrogen) atoms. The highest BCUT2D eigenvalue weighted by molar-refractivity contribution is 5.80. The van der Waals surface area contributed by atoms with Gasteiger partial charge in [-0.15, -0.1) is 0 Å². The van der Waals surface area contributed by atoms with Crippen LogP contribution in [0.2, 0.25) is 0 Å². The quantitative estimate of drug-likeness (QED) is 0.534. The predicted molar refractivity (Wildman–Crippen MR) is 81.8 cm³/mol. The van der Waals surface area contributed by atoms with E-state index in [-0.39, 0.29) is 17.1 Å². The number of rotatable bonds is 2. The zero-order chi connectivity index (χ0) is 15.9. The molecular weight excluding hydrogens is 284 g/mol. The van der Waals surface area contributed by atoms with E-state index in [2.05, 4.69) is 4.98 Å². The van der Waals surface area contributed by atoms with Gasteiger partial charge in [0.05, 0.1) is 15.8 Å². The fourth-order valence-electron chi connectivity index (χ4n) is 2.28. The Kier molecular flexibility index (Phi) is 3.21. The van der Waals surface area contributed by atoms with Gasteiger partial charge in [-0.1, -0.05) is 17.7 Å². The van der Waals surface area contributed by atoms with Gasteiger partial charge in [-0.2, -0.15) is 0 Å². The van der Waals surface area contributed by atoms with Crippen LogP contribution in [0.5, 0.6) is 0 Å². The van der Waals surface area contributed by atoms with Crippen LogP contribution in [0.4, 0.5) is 5.69 Å². The van der Waals surface area contributed by atoms with Crippen LogP contribution in [0.15, 0.2) is 45.6 Å². The van der Waals surface area contributed by atoms with Gasteiger partial charge in [0, 0.05) is 6.07 Å². The van der Waals surface area contributed by atoms with Gasteiger partial charge in [0.15, 0.2) is 0 Å². The Labute approximate surface area is 125 Å². The molecule has 1 aromatic heterocycles. The van der Waals surface area contributed by atoms with Crippen molar-refractivity contribution >= 4 is 16.6 Å². The third-order valence-corrected chi connectivity index (χ3v) is 3.36. The fraction of sp³-hybridized carbons (Fsp3) is 0.125. The van der Waals surface area contributed by atoms with Gasteiger partial charge in [0.1, 0.15) is 5.56 Å². The standard InChI is InChI=1S/C16H12N2O4/c1-9-3-5-13-11(7-9)16(19)22-15(17-13)12-8-10(2)4-6-14(12)18(20)21/h3-8H,1-2H3. The molecule has 0 N–H and O–H groups in total. The first kappa shape index (κ1) is 13.9. The summed E-state index contributed by atoms with van der Waals surface area (Å²) >= 11 is 0. The number of hydrogen-bond acceptors (Lipinski definition) is 5. The monoisotopic (exact) mass is 296 g/mol. The van der Waals surface area contributed by atoms with E-state index in [1.807, 2.05) is 13.0 Å². The maximum atomic E-state index is 12.1. The van der Waals surface area contributed by atoms with Crippen molar-refractivity contribution in [2.24, 2.45) is 0 Å². The van der Waals surface area contributed by atoms with Gasteiger partial charge in [0.25, 0.3) is 5.69 Å². The molecule has 0 atom stereocenters. The molecule has 0 aliphatic heterocycles. The van der Waals surface area contributed by atoms with Crippen molar-refractivity contribution < 1.29 is 9.34 Å². The summed E-state index contributed by atoms with van der Waals surface area (Å²) in [6.45, 7) is 3.66. The lowest BCUT2D eigenvalue weighted by Crippen LogP contribution is -2.04. The van der Waals surface area contributed by atoms with Crippen LogP contribution in [0.1, 0.15) is 11.1 Å². The van der Waals surface area contributed by atoms with Crippen LogP contribution in [0.25, 0.3) is 22.4 Å². The fourth-order valence-corrected chi connectivity index (χ4v) is 2.28. The van der Waals surface area contributed by atoms with E-state index < -0.39 is 10.5 Å². The van der Waals surface area contributed by atoms with Crippen molar-refractivity contribution in [3.8, 4) is 11.5 Å². The average molecular weight is 296 g/mol. The second-order valence-electron chi connectivity index (χ2n) is 5.10. The maximum Gasteiger partial charge on any atom is 0.347 e. The first-order valence-electron chi connectivity index (χ1n) is 6.62. The van der Waals surface area contributed by atoms with Gasteiger partial charge >= 0.3 is 5.63 Å². The summed E-state index contributed by atoms with van der Waals surface area (Å²) in [6.07, 6.45) is 0. The topological polar surface area (TPSA) is 86.2 Å². The smallest absolute Gasteiger partial charge is 0.347 e. The number of aryl methyl sites for hydroxylation is 2. The highest BCUT2D eigenvalue weighted by atomic mass is 16.6. The Hall–Kier alpha value is -3.02. The van der Waals surface area contributed by atoms with Crippen molar-refractivity contribution in [2.45, 2.75) is 13.8 Å². The molecule has 6 nitrogen and oxygen atoms in total. The molecule has 0 radical (unpaired) electrons. The second kappa shape index (κ2) is 5.07. The van der Waals surface area contributed by atoms with Gasteiger partial charge in [-0.3, -0.25) is 10.1 Å². The Morgan fingerprint density at radius 1 is 1.09 bits per heavy atom. The zero-order valence-electron chi connectivity index (χ0n) is 12.0. The largest absolute Gasteiger partial charge is 0.403 e. The van der Waals surface area contributed by atoms with E-state index in [1.165, 1.54) is 6.07 Å². The van der Waals surface area contributed by atoms with Crippen LogP contribution >= 0.6 is 0 Å². The second-order valence-corrected chi connectivity index (χ2v) is 5.10. The third-order valence-electron chi connectivity index (χ3n) is 3.36. The van der Waals surface area contributed by atoms with Crippen molar-refractivity contribution in [1.29, 1.82) is 0 Å². The number of nitrogens with zero attached hydrogens (tertiary/aromatic N) is 2. The number of fused-ring (bicyclic) bond motifs is 1. The Morgan fingerprint density at radius 2 is 1.77 bits per heavy atom. The van der Waals surface area contributed by atoms with E-state index in [0.29, 0.717) is 10.9 Å². The van der Waals surface area contributed by atoms with Gasteiger partial charge in [-0.25, -0.2) is 9.78 Å². The Morgan fingerprint density at radius 3 is 2.50 bits per heavy atom. The van der Waals surface area contributed by atoms with Gasteiger partial charge in [0.2, 0.25) is 5.89 Å². The van der Waals surface area contributed by atoms with Crippen molar-refractivity contribution in [3.63, 3.8) is 0 Å². The average Bonchev–Trinajstić information content (AvgIpc) is 2.47. The summed E-state index contributed by atoms with van der Waals surface area (Å²) in [5.41, 5.74) is 1.68. The maximum absolute atomic E-state index is 12.1. The minimum atomic E-state index is -0.556. The molecule has 0 fully saturated rings. The molecule has 0 amide bonds. The van der Waals surface area contributed by atoms with Crippen molar-refractivity contribution in [3.05, 3.63) is 68.1 Å². The first-order chi connectivity index (χ1) is 10.5. The summed E-state index contributed by atoms with van der Waals surface area (Å²) in [7, 11) is 0. The normalized spacial score (nSPS) is 10.8. The molecule has 6 heteroatoms. The number of nitro benzene ring substituents is 1.